The maximum Gasteiger partial charge on any atom is 0.408 e. The standard InChI is InChI=1S/C27H26N4O4/c28-29-18-25(32)23(16-20-10-4-1-5-11-20)30-26(33)24(17-21-12-6-2-7-13-21)31-27(34)35-19-22-14-8-3-9-15-22/h1-15,18,23-24H,16-17,19H2,(H,30,33)(H,31,34)/t23?,24-/m1/s1. The summed E-state index contributed by atoms with van der Waals surface area (Å²) in [6.07, 6.45) is 0.371. The summed E-state index contributed by atoms with van der Waals surface area (Å²) in [4.78, 5) is 41.0. The van der Waals surface area contributed by atoms with Crippen molar-refractivity contribution < 1.29 is 23.9 Å². The van der Waals surface area contributed by atoms with Gasteiger partial charge in [-0.3, -0.25) is 9.59 Å². The van der Waals surface area contributed by atoms with Crippen LogP contribution in [0.5, 0.6) is 0 Å². The normalized spacial score (nSPS) is 11.9. The fraction of sp³-hybridized carbons (Fsp3) is 0.185. The number of carbonyl (C=O) groups excluding carboxylic acids is 3. The Morgan fingerprint density at radius 2 is 1.23 bits per heavy atom. The summed E-state index contributed by atoms with van der Waals surface area (Å²) in [5, 5.41) is 5.30. The summed E-state index contributed by atoms with van der Waals surface area (Å²) in [6, 6.07) is 25.5. The van der Waals surface area contributed by atoms with E-state index in [1.165, 1.54) is 0 Å². The molecule has 178 valence electrons. The van der Waals surface area contributed by atoms with Gasteiger partial charge in [-0.25, -0.2) is 4.79 Å². The number of alkyl carbamates (subject to hydrolysis) is 1. The predicted octanol–water partition coefficient (Wildman–Crippen LogP) is 3.12. The number of amides is 2. The number of ether oxygens (including phenoxy) is 1. The quantitative estimate of drug-likeness (QED) is 0.254. The Morgan fingerprint density at radius 3 is 1.74 bits per heavy atom. The molecule has 0 aliphatic carbocycles. The monoisotopic (exact) mass is 470 g/mol. The number of rotatable bonds is 11. The summed E-state index contributed by atoms with van der Waals surface area (Å²) >= 11 is 0. The van der Waals surface area contributed by atoms with E-state index in [4.69, 9.17) is 10.3 Å². The minimum absolute atomic E-state index is 0.0500. The van der Waals surface area contributed by atoms with Crippen LogP contribution < -0.4 is 10.6 Å². The van der Waals surface area contributed by atoms with Crippen molar-refractivity contribution in [1.82, 2.24) is 10.6 Å². The molecular formula is C27H26N4O4. The van der Waals surface area contributed by atoms with Crippen LogP contribution in [-0.4, -0.2) is 40.9 Å². The van der Waals surface area contributed by atoms with Crippen LogP contribution in [0.3, 0.4) is 0 Å². The largest absolute Gasteiger partial charge is 0.445 e. The zero-order chi connectivity index (χ0) is 24.9. The molecule has 35 heavy (non-hydrogen) atoms. The number of nitrogens with one attached hydrogen (secondary N) is 2. The zero-order valence-electron chi connectivity index (χ0n) is 19.0. The van der Waals surface area contributed by atoms with Crippen LogP contribution in [0.1, 0.15) is 16.7 Å². The summed E-state index contributed by atoms with van der Waals surface area (Å²) < 4.78 is 5.28. The van der Waals surface area contributed by atoms with Gasteiger partial charge in [-0.1, -0.05) is 91.0 Å². The van der Waals surface area contributed by atoms with E-state index in [0.29, 0.717) is 0 Å². The number of Topliss-reactive ketones (excluding diaryl/α,β-unsaturated/α-hetero) is 1. The Morgan fingerprint density at radius 1 is 0.743 bits per heavy atom. The lowest BCUT2D eigenvalue weighted by Gasteiger charge is -2.22. The first-order valence-electron chi connectivity index (χ1n) is 11.1. The molecule has 0 saturated heterocycles. The highest BCUT2D eigenvalue weighted by molar-refractivity contribution is 6.28. The van der Waals surface area contributed by atoms with E-state index in [1.54, 1.807) is 0 Å². The highest BCUT2D eigenvalue weighted by Gasteiger charge is 2.28. The van der Waals surface area contributed by atoms with Crippen molar-refractivity contribution in [2.24, 2.45) is 0 Å². The van der Waals surface area contributed by atoms with E-state index in [0.717, 1.165) is 22.9 Å². The molecule has 0 radical (unpaired) electrons. The van der Waals surface area contributed by atoms with Gasteiger partial charge in [-0.15, -0.1) is 0 Å². The number of hydrogen-bond donors (Lipinski definition) is 2. The first-order valence-corrected chi connectivity index (χ1v) is 11.1. The average Bonchev–Trinajstić information content (AvgIpc) is 2.88. The van der Waals surface area contributed by atoms with E-state index in [9.17, 15) is 14.4 Å². The number of nitrogens with zero attached hydrogens (tertiary/aromatic N) is 2. The predicted molar refractivity (Wildman–Crippen MR) is 130 cm³/mol. The molecule has 2 amide bonds. The topological polar surface area (TPSA) is 121 Å². The van der Waals surface area contributed by atoms with E-state index >= 15 is 0 Å². The Bertz CT molecular complexity index is 1160. The van der Waals surface area contributed by atoms with E-state index in [-0.39, 0.29) is 19.4 Å². The molecule has 8 heteroatoms. The SMILES string of the molecule is [N-]=[N+]=CC(=O)C(Cc1ccccc1)NC(=O)[C@@H](Cc1ccccc1)NC(=O)OCc1ccccc1. The molecular weight excluding hydrogens is 444 g/mol. The summed E-state index contributed by atoms with van der Waals surface area (Å²) in [5.41, 5.74) is 11.3. The van der Waals surface area contributed by atoms with Crippen molar-refractivity contribution >= 4 is 24.0 Å². The molecule has 2 atom stereocenters. The third-order valence-corrected chi connectivity index (χ3v) is 5.23. The fourth-order valence-electron chi connectivity index (χ4n) is 3.46. The maximum absolute atomic E-state index is 13.2. The Hall–Kier alpha value is -4.55. The van der Waals surface area contributed by atoms with Crippen molar-refractivity contribution in [2.45, 2.75) is 31.5 Å². The molecule has 0 aliphatic rings. The number of hydrogen-bond acceptors (Lipinski definition) is 4. The van der Waals surface area contributed by atoms with Crippen molar-refractivity contribution in [1.29, 1.82) is 0 Å². The van der Waals surface area contributed by atoms with Crippen LogP contribution >= 0.6 is 0 Å². The van der Waals surface area contributed by atoms with Gasteiger partial charge in [0.25, 0.3) is 5.78 Å². The second-order valence-corrected chi connectivity index (χ2v) is 7.85. The van der Waals surface area contributed by atoms with Gasteiger partial charge < -0.3 is 20.9 Å². The van der Waals surface area contributed by atoms with Crippen molar-refractivity contribution in [3.63, 3.8) is 0 Å². The molecule has 0 spiro atoms. The first-order chi connectivity index (χ1) is 17.0. The number of benzene rings is 3. The Labute approximate surface area is 203 Å². The number of ketones is 1. The first kappa shape index (κ1) is 25.1. The highest BCUT2D eigenvalue weighted by atomic mass is 16.5. The summed E-state index contributed by atoms with van der Waals surface area (Å²) in [6.45, 7) is 0.0500. The molecule has 1 unspecified atom stereocenters. The van der Waals surface area contributed by atoms with Gasteiger partial charge in [0.05, 0.1) is 0 Å². The van der Waals surface area contributed by atoms with Crippen LogP contribution in [0, 0.1) is 0 Å². The van der Waals surface area contributed by atoms with Crippen LogP contribution in [-0.2, 0) is 33.8 Å². The van der Waals surface area contributed by atoms with E-state index in [1.807, 2.05) is 91.0 Å². The second kappa shape index (κ2) is 13.2. The molecule has 0 fully saturated rings. The number of carbonyl (C=O) groups is 3. The molecule has 0 bridgehead atoms. The van der Waals surface area contributed by atoms with Gasteiger partial charge >= 0.3 is 12.3 Å². The molecule has 2 N–H and O–H groups in total. The molecule has 3 aromatic rings. The van der Waals surface area contributed by atoms with Gasteiger partial charge in [0.1, 0.15) is 18.7 Å². The van der Waals surface area contributed by atoms with Gasteiger partial charge in [0, 0.05) is 12.8 Å². The molecule has 8 nitrogen and oxygen atoms in total. The van der Waals surface area contributed by atoms with Gasteiger partial charge in [-0.2, -0.15) is 4.79 Å². The molecule has 0 aromatic heterocycles. The van der Waals surface area contributed by atoms with Crippen molar-refractivity contribution in [3.8, 4) is 0 Å². The van der Waals surface area contributed by atoms with Gasteiger partial charge in [-0.05, 0) is 16.7 Å². The van der Waals surface area contributed by atoms with E-state index in [2.05, 4.69) is 15.4 Å². The highest BCUT2D eigenvalue weighted by Crippen LogP contribution is 2.08. The molecule has 3 rings (SSSR count). The second-order valence-electron chi connectivity index (χ2n) is 7.85. The Kier molecular flexibility index (Phi) is 9.48. The molecule has 0 saturated carbocycles. The smallest absolute Gasteiger partial charge is 0.408 e. The molecule has 0 aliphatic heterocycles. The Balaban J connectivity index is 1.73. The van der Waals surface area contributed by atoms with Crippen molar-refractivity contribution in [3.05, 3.63) is 113 Å². The van der Waals surface area contributed by atoms with Gasteiger partial charge in [0.2, 0.25) is 5.91 Å². The lowest BCUT2D eigenvalue weighted by atomic mass is 10.0. The zero-order valence-corrected chi connectivity index (χ0v) is 19.0. The summed E-state index contributed by atoms with van der Waals surface area (Å²) in [5.74, 6) is -1.14. The molecule has 0 heterocycles. The lowest BCUT2D eigenvalue weighted by molar-refractivity contribution is -0.127. The molecule has 3 aromatic carbocycles. The third-order valence-electron chi connectivity index (χ3n) is 5.23. The summed E-state index contributed by atoms with van der Waals surface area (Å²) in [7, 11) is 0. The maximum atomic E-state index is 13.2. The van der Waals surface area contributed by atoms with Crippen LogP contribution in [0.2, 0.25) is 0 Å². The third kappa shape index (κ3) is 8.38. The van der Waals surface area contributed by atoms with Crippen LogP contribution in [0.25, 0.3) is 5.53 Å². The minimum Gasteiger partial charge on any atom is -0.445 e. The van der Waals surface area contributed by atoms with E-state index < -0.39 is 29.9 Å². The van der Waals surface area contributed by atoms with Crippen molar-refractivity contribution in [2.75, 3.05) is 0 Å². The fourth-order valence-corrected chi connectivity index (χ4v) is 3.46. The lowest BCUT2D eigenvalue weighted by Crippen LogP contribution is -2.53. The minimum atomic E-state index is -1.00. The van der Waals surface area contributed by atoms with Crippen LogP contribution in [0.15, 0.2) is 91.0 Å². The van der Waals surface area contributed by atoms with Gasteiger partial charge in [0.15, 0.2) is 0 Å². The van der Waals surface area contributed by atoms with Crippen LogP contribution in [0.4, 0.5) is 4.79 Å². The average molecular weight is 471 g/mol.